The van der Waals surface area contributed by atoms with Gasteiger partial charge < -0.3 is 4.74 Å². The average Bonchev–Trinajstić information content (AvgIpc) is 2.16. The van der Waals surface area contributed by atoms with Crippen molar-refractivity contribution in [2.75, 3.05) is 0 Å². The molecular weight excluding hydrogens is 160 g/mol. The van der Waals surface area contributed by atoms with Crippen LogP contribution >= 0.6 is 0 Å². The summed E-state index contributed by atoms with van der Waals surface area (Å²) in [5.41, 5.74) is 0. The highest BCUT2D eigenvalue weighted by Gasteiger charge is 1.80. The minimum atomic E-state index is 1.12. The van der Waals surface area contributed by atoms with Crippen LogP contribution in [0.4, 0.5) is 0 Å². The molecule has 0 bridgehead atoms. The van der Waals surface area contributed by atoms with Crippen LogP contribution in [0.25, 0.3) is 0 Å². The third-order valence-electron chi connectivity index (χ3n) is 1.61. The molecule has 0 saturated carbocycles. The molecule has 0 aromatic rings. The summed E-state index contributed by atoms with van der Waals surface area (Å²) in [4.78, 5) is 0. The van der Waals surface area contributed by atoms with Crippen molar-refractivity contribution in [2.45, 2.75) is 39.5 Å². The van der Waals surface area contributed by atoms with Crippen molar-refractivity contribution in [3.05, 3.63) is 36.8 Å². The summed E-state index contributed by atoms with van der Waals surface area (Å²) in [6.45, 7) is 4.19. The Bertz CT molecular complexity index is 166. The van der Waals surface area contributed by atoms with Gasteiger partial charge in [-0.3, -0.25) is 0 Å². The normalized spacial score (nSPS) is 12.2. The Morgan fingerprint density at radius 3 is 2.62 bits per heavy atom. The van der Waals surface area contributed by atoms with Crippen LogP contribution in [0, 0.1) is 0 Å². The number of hydrogen-bond donors (Lipinski definition) is 0. The lowest BCUT2D eigenvalue weighted by Crippen LogP contribution is -1.71. The Kier molecular flexibility index (Phi) is 10.2. The van der Waals surface area contributed by atoms with Gasteiger partial charge in [-0.15, -0.1) is 0 Å². The molecule has 0 N–H and O–H groups in total. The summed E-state index contributed by atoms with van der Waals surface area (Å²) < 4.78 is 5.10. The lowest BCUT2D eigenvalue weighted by Gasteiger charge is -1.91. The van der Waals surface area contributed by atoms with Crippen molar-refractivity contribution in [3.63, 3.8) is 0 Å². The van der Waals surface area contributed by atoms with E-state index in [2.05, 4.69) is 13.0 Å². The molecule has 0 aromatic heterocycles. The molecule has 1 heteroatoms. The highest BCUT2D eigenvalue weighted by Crippen LogP contribution is 1.99. The van der Waals surface area contributed by atoms with Crippen LogP contribution in [0.15, 0.2) is 36.8 Å². The monoisotopic (exact) mass is 180 g/mol. The van der Waals surface area contributed by atoms with E-state index < -0.39 is 0 Å². The van der Waals surface area contributed by atoms with E-state index in [1.54, 1.807) is 12.5 Å². The zero-order valence-corrected chi connectivity index (χ0v) is 8.70. The maximum Gasteiger partial charge on any atom is 0.0901 e. The van der Waals surface area contributed by atoms with E-state index in [4.69, 9.17) is 4.74 Å². The smallest absolute Gasteiger partial charge is 0.0901 e. The lowest BCUT2D eigenvalue weighted by atomic mass is 10.2. The third kappa shape index (κ3) is 11.0. The van der Waals surface area contributed by atoms with Crippen molar-refractivity contribution in [1.29, 1.82) is 0 Å². The van der Waals surface area contributed by atoms with Gasteiger partial charge >= 0.3 is 0 Å². The van der Waals surface area contributed by atoms with Gasteiger partial charge in [-0.25, -0.2) is 0 Å². The van der Waals surface area contributed by atoms with Crippen LogP contribution in [0.5, 0.6) is 0 Å². The van der Waals surface area contributed by atoms with Gasteiger partial charge in [-0.2, -0.15) is 0 Å². The summed E-state index contributed by atoms with van der Waals surface area (Å²) >= 11 is 0. The molecule has 74 valence electrons. The summed E-state index contributed by atoms with van der Waals surface area (Å²) in [7, 11) is 0. The van der Waals surface area contributed by atoms with Gasteiger partial charge in [-0.1, -0.05) is 31.9 Å². The molecule has 0 heterocycles. The van der Waals surface area contributed by atoms with E-state index in [-0.39, 0.29) is 0 Å². The molecular formula is C12H20O. The Morgan fingerprint density at radius 2 is 1.92 bits per heavy atom. The maximum absolute atomic E-state index is 5.10. The van der Waals surface area contributed by atoms with E-state index in [0.717, 1.165) is 6.42 Å². The molecule has 0 amide bonds. The molecule has 0 aliphatic heterocycles. The predicted molar refractivity (Wildman–Crippen MR) is 58.3 cm³/mol. The van der Waals surface area contributed by atoms with Gasteiger partial charge in [0, 0.05) is 0 Å². The van der Waals surface area contributed by atoms with Gasteiger partial charge in [0.15, 0.2) is 0 Å². The summed E-state index contributed by atoms with van der Waals surface area (Å²) in [5.74, 6) is 0. The fraction of sp³-hybridized carbons (Fsp3) is 0.500. The largest absolute Gasteiger partial charge is 0.473 e. The van der Waals surface area contributed by atoms with Crippen LogP contribution in [-0.4, -0.2) is 0 Å². The fourth-order valence-corrected chi connectivity index (χ4v) is 0.883. The van der Waals surface area contributed by atoms with E-state index >= 15 is 0 Å². The first kappa shape index (κ1) is 12.0. The first-order valence-electron chi connectivity index (χ1n) is 5.00. The molecule has 0 aromatic carbocycles. The topological polar surface area (TPSA) is 9.23 Å². The lowest BCUT2D eigenvalue weighted by molar-refractivity contribution is 0.400. The number of ether oxygens (including phenoxy) is 1. The summed E-state index contributed by atoms with van der Waals surface area (Å²) in [6, 6.07) is 0. The van der Waals surface area contributed by atoms with Crippen LogP contribution in [-0.2, 0) is 4.74 Å². The second-order valence-electron chi connectivity index (χ2n) is 2.86. The highest BCUT2D eigenvalue weighted by molar-refractivity contribution is 4.98. The Balaban J connectivity index is 3.21. The van der Waals surface area contributed by atoms with Crippen molar-refractivity contribution in [3.8, 4) is 0 Å². The van der Waals surface area contributed by atoms with Gasteiger partial charge in [0.2, 0.25) is 0 Å². The molecule has 0 aliphatic carbocycles. The van der Waals surface area contributed by atoms with E-state index in [0.29, 0.717) is 0 Å². The van der Waals surface area contributed by atoms with Crippen molar-refractivity contribution >= 4 is 0 Å². The van der Waals surface area contributed by atoms with Crippen LogP contribution in [0.1, 0.15) is 39.5 Å². The molecule has 0 aliphatic rings. The van der Waals surface area contributed by atoms with E-state index in [9.17, 15) is 0 Å². The highest BCUT2D eigenvalue weighted by atomic mass is 16.5. The van der Waals surface area contributed by atoms with Crippen molar-refractivity contribution in [2.24, 2.45) is 0 Å². The zero-order valence-electron chi connectivity index (χ0n) is 8.70. The summed E-state index contributed by atoms with van der Waals surface area (Å²) in [6.07, 6.45) is 16.2. The Morgan fingerprint density at radius 1 is 1.08 bits per heavy atom. The molecule has 1 nitrogen and oxygen atoms in total. The average molecular weight is 180 g/mol. The molecule has 13 heavy (non-hydrogen) atoms. The second-order valence-corrected chi connectivity index (χ2v) is 2.86. The minimum Gasteiger partial charge on any atom is -0.473 e. The quantitative estimate of drug-likeness (QED) is 0.324. The second kappa shape index (κ2) is 11.0. The van der Waals surface area contributed by atoms with Crippen LogP contribution < -0.4 is 0 Å². The molecule has 0 unspecified atom stereocenters. The number of rotatable bonds is 7. The third-order valence-corrected chi connectivity index (χ3v) is 1.61. The van der Waals surface area contributed by atoms with Crippen LogP contribution in [0.3, 0.4) is 0 Å². The standard InChI is InChI=1S/C12H20O/c1-3-5-7-8-10-12-13-11-9-6-4-2/h4,6,9-12H,3,5,7-8H2,1-2H3. The Labute approximate surface area is 81.8 Å². The minimum absolute atomic E-state index is 1.12. The SMILES string of the molecule is CC=CC=COC=CCCCCC. The molecule has 0 spiro atoms. The number of hydrogen-bond acceptors (Lipinski definition) is 1. The first-order valence-corrected chi connectivity index (χ1v) is 5.00. The van der Waals surface area contributed by atoms with Gasteiger partial charge in [-0.05, 0) is 31.9 Å². The first-order chi connectivity index (χ1) is 6.41. The van der Waals surface area contributed by atoms with Gasteiger partial charge in [0.1, 0.15) is 0 Å². The van der Waals surface area contributed by atoms with Crippen molar-refractivity contribution < 1.29 is 4.74 Å². The van der Waals surface area contributed by atoms with Gasteiger partial charge in [0.05, 0.1) is 12.5 Å². The Hall–Kier alpha value is -0.980. The molecule has 0 fully saturated rings. The van der Waals surface area contributed by atoms with E-state index in [1.807, 2.05) is 25.2 Å². The number of allylic oxidation sites excluding steroid dienone is 4. The van der Waals surface area contributed by atoms with Crippen LogP contribution in [0.2, 0.25) is 0 Å². The molecule has 0 atom stereocenters. The maximum atomic E-state index is 5.10. The van der Waals surface area contributed by atoms with Crippen molar-refractivity contribution in [1.82, 2.24) is 0 Å². The molecule has 0 rings (SSSR count). The zero-order chi connectivity index (χ0) is 9.78. The van der Waals surface area contributed by atoms with E-state index in [1.165, 1.54) is 19.3 Å². The fourth-order valence-electron chi connectivity index (χ4n) is 0.883. The predicted octanol–water partition coefficient (Wildman–Crippen LogP) is 4.19. The molecule has 0 saturated heterocycles. The van der Waals surface area contributed by atoms with Gasteiger partial charge in [0.25, 0.3) is 0 Å². The summed E-state index contributed by atoms with van der Waals surface area (Å²) in [5, 5.41) is 0. The molecule has 0 radical (unpaired) electrons. The number of unbranched alkanes of at least 4 members (excludes halogenated alkanes) is 3.